The van der Waals surface area contributed by atoms with E-state index >= 15 is 0 Å². The number of halogens is 1. The lowest BCUT2D eigenvalue weighted by atomic mass is 10.1. The number of carbonyl (C=O) groups excluding carboxylic acids is 1. The fourth-order valence-corrected chi connectivity index (χ4v) is 4.69. The van der Waals surface area contributed by atoms with Gasteiger partial charge in [-0.25, -0.2) is 13.2 Å². The number of hydrogen-bond donors (Lipinski definition) is 3. The van der Waals surface area contributed by atoms with Crippen molar-refractivity contribution in [3.05, 3.63) is 101 Å². The number of nitrogens with one attached hydrogen (secondary N) is 2. The number of carbonyl (C=O) groups is 2. The predicted molar refractivity (Wildman–Crippen MR) is 130 cm³/mol. The molecule has 0 aromatic heterocycles. The van der Waals surface area contributed by atoms with Crippen molar-refractivity contribution in [1.29, 1.82) is 0 Å². The molecular weight excluding hydrogens is 508 g/mol. The van der Waals surface area contributed by atoms with Crippen LogP contribution in [0, 0.1) is 0 Å². The Morgan fingerprint density at radius 3 is 2.21 bits per heavy atom. The Morgan fingerprint density at radius 2 is 1.52 bits per heavy atom. The zero-order valence-electron chi connectivity index (χ0n) is 16.9. The normalized spacial score (nSPS) is 11.2. The molecule has 3 N–H and O–H groups in total. The van der Waals surface area contributed by atoms with Gasteiger partial charge in [-0.3, -0.25) is 9.52 Å². The van der Waals surface area contributed by atoms with Crippen LogP contribution < -0.4 is 10.0 Å². The average Bonchev–Trinajstić information content (AvgIpc) is 2.80. The van der Waals surface area contributed by atoms with E-state index in [2.05, 4.69) is 26.0 Å². The fraction of sp³-hybridized carbons (Fsp3) is 0. The summed E-state index contributed by atoms with van der Waals surface area (Å²) in [5, 5.41) is 13.6. The summed E-state index contributed by atoms with van der Waals surface area (Å²) in [5.74, 6) is -1.70. The number of rotatable bonds is 6. The molecule has 1 amide bonds. The fourth-order valence-electron chi connectivity index (χ4n) is 3.24. The van der Waals surface area contributed by atoms with Gasteiger partial charge < -0.3 is 10.4 Å². The molecule has 0 bridgehead atoms. The van der Waals surface area contributed by atoms with Crippen molar-refractivity contribution in [2.24, 2.45) is 0 Å². The van der Waals surface area contributed by atoms with Gasteiger partial charge in [-0.15, -0.1) is 0 Å². The summed E-state index contributed by atoms with van der Waals surface area (Å²) in [5.41, 5.74) is 0.617. The Balaban J connectivity index is 1.51. The number of anilines is 2. The Bertz CT molecular complexity index is 1480. The van der Waals surface area contributed by atoms with E-state index in [1.807, 2.05) is 24.3 Å². The molecular formula is C24H17BrN2O5S. The average molecular weight is 525 g/mol. The van der Waals surface area contributed by atoms with Crippen LogP contribution in [0.25, 0.3) is 10.8 Å². The first-order valence-corrected chi connectivity index (χ1v) is 12.0. The van der Waals surface area contributed by atoms with Crippen molar-refractivity contribution in [3.8, 4) is 0 Å². The monoisotopic (exact) mass is 524 g/mol. The van der Waals surface area contributed by atoms with Gasteiger partial charge in [-0.1, -0.05) is 46.3 Å². The van der Waals surface area contributed by atoms with Crippen LogP contribution in [0.2, 0.25) is 0 Å². The van der Waals surface area contributed by atoms with Crippen LogP contribution in [0.3, 0.4) is 0 Å². The quantitative estimate of drug-likeness (QED) is 0.314. The van der Waals surface area contributed by atoms with Gasteiger partial charge in [0.05, 0.1) is 16.1 Å². The SMILES string of the molecule is O=C(Nc1ccc(Br)cc1C(=O)O)c1ccc(NS(=O)(=O)c2ccc3ccccc3c2)cc1. The first kappa shape index (κ1) is 22.5. The molecule has 166 valence electrons. The maximum absolute atomic E-state index is 12.8. The summed E-state index contributed by atoms with van der Waals surface area (Å²) in [6.45, 7) is 0. The van der Waals surface area contributed by atoms with E-state index in [1.165, 1.54) is 42.5 Å². The summed E-state index contributed by atoms with van der Waals surface area (Å²) >= 11 is 3.20. The number of benzene rings is 4. The van der Waals surface area contributed by atoms with Crippen molar-refractivity contribution >= 4 is 60.0 Å². The smallest absolute Gasteiger partial charge is 0.337 e. The third kappa shape index (κ3) is 5.05. The van der Waals surface area contributed by atoms with Gasteiger partial charge in [0, 0.05) is 15.7 Å². The van der Waals surface area contributed by atoms with Gasteiger partial charge >= 0.3 is 5.97 Å². The molecule has 4 aromatic rings. The van der Waals surface area contributed by atoms with E-state index in [1.54, 1.807) is 18.2 Å². The largest absolute Gasteiger partial charge is 0.478 e. The van der Waals surface area contributed by atoms with Crippen LogP contribution in [0.15, 0.2) is 94.3 Å². The van der Waals surface area contributed by atoms with Gasteiger partial charge in [0.1, 0.15) is 0 Å². The minimum Gasteiger partial charge on any atom is -0.478 e. The van der Waals surface area contributed by atoms with Gasteiger partial charge in [-0.2, -0.15) is 0 Å². The summed E-state index contributed by atoms with van der Waals surface area (Å²) in [4.78, 5) is 24.1. The number of sulfonamides is 1. The topological polar surface area (TPSA) is 113 Å². The molecule has 4 aromatic carbocycles. The summed E-state index contributed by atoms with van der Waals surface area (Å²) < 4.78 is 28.6. The molecule has 0 aliphatic heterocycles. The minimum absolute atomic E-state index is 0.0579. The zero-order valence-corrected chi connectivity index (χ0v) is 19.4. The van der Waals surface area contributed by atoms with Crippen LogP contribution in [-0.2, 0) is 10.0 Å². The Labute approximate surface area is 198 Å². The highest BCUT2D eigenvalue weighted by Crippen LogP contribution is 2.24. The molecule has 0 atom stereocenters. The van der Waals surface area contributed by atoms with Crippen LogP contribution in [-0.4, -0.2) is 25.4 Å². The van der Waals surface area contributed by atoms with Crippen LogP contribution in [0.1, 0.15) is 20.7 Å². The second-order valence-electron chi connectivity index (χ2n) is 7.14. The molecule has 0 unspecified atom stereocenters. The molecule has 0 heterocycles. The molecule has 4 rings (SSSR count). The van der Waals surface area contributed by atoms with Crippen LogP contribution in [0.5, 0.6) is 0 Å². The molecule has 33 heavy (non-hydrogen) atoms. The highest BCUT2D eigenvalue weighted by molar-refractivity contribution is 9.10. The van der Waals surface area contributed by atoms with E-state index in [-0.39, 0.29) is 27.4 Å². The molecule has 0 saturated heterocycles. The molecule has 0 aliphatic rings. The molecule has 0 fully saturated rings. The van der Waals surface area contributed by atoms with E-state index in [4.69, 9.17) is 0 Å². The summed E-state index contributed by atoms with van der Waals surface area (Å²) in [6, 6.07) is 22.6. The van der Waals surface area contributed by atoms with E-state index in [9.17, 15) is 23.1 Å². The van der Waals surface area contributed by atoms with E-state index in [0.717, 1.165) is 10.8 Å². The lowest BCUT2D eigenvalue weighted by molar-refractivity contribution is 0.0698. The number of hydrogen-bond acceptors (Lipinski definition) is 4. The third-order valence-electron chi connectivity index (χ3n) is 4.89. The van der Waals surface area contributed by atoms with Crippen molar-refractivity contribution < 1.29 is 23.1 Å². The molecule has 0 radical (unpaired) electrons. The van der Waals surface area contributed by atoms with Crippen molar-refractivity contribution in [3.63, 3.8) is 0 Å². The van der Waals surface area contributed by atoms with Crippen molar-refractivity contribution in [2.45, 2.75) is 4.90 Å². The van der Waals surface area contributed by atoms with E-state index in [0.29, 0.717) is 4.47 Å². The van der Waals surface area contributed by atoms with Crippen molar-refractivity contribution in [2.75, 3.05) is 10.0 Å². The summed E-state index contributed by atoms with van der Waals surface area (Å²) in [6.07, 6.45) is 0. The maximum Gasteiger partial charge on any atom is 0.337 e. The van der Waals surface area contributed by atoms with E-state index < -0.39 is 21.9 Å². The third-order valence-corrected chi connectivity index (χ3v) is 6.76. The second kappa shape index (κ2) is 9.05. The van der Waals surface area contributed by atoms with Gasteiger partial charge in [-0.05, 0) is 65.4 Å². The Morgan fingerprint density at radius 1 is 0.818 bits per heavy atom. The first-order valence-electron chi connectivity index (χ1n) is 9.69. The lowest BCUT2D eigenvalue weighted by Gasteiger charge is -2.11. The standard InChI is InChI=1S/C24H17BrN2O5S/c25-18-8-12-22(21(14-18)24(29)30)26-23(28)16-5-9-19(10-6-16)27-33(31,32)20-11-7-15-3-1-2-4-17(15)13-20/h1-14,27H,(H,26,28)(H,29,30). The highest BCUT2D eigenvalue weighted by Gasteiger charge is 2.17. The highest BCUT2D eigenvalue weighted by atomic mass is 79.9. The van der Waals surface area contributed by atoms with Gasteiger partial charge in [0.2, 0.25) is 0 Å². The summed E-state index contributed by atoms with van der Waals surface area (Å²) in [7, 11) is -3.83. The van der Waals surface area contributed by atoms with Crippen LogP contribution in [0.4, 0.5) is 11.4 Å². The number of carboxylic acids is 1. The number of fused-ring (bicyclic) bond motifs is 1. The molecule has 0 spiro atoms. The number of aromatic carboxylic acids is 1. The molecule has 7 nitrogen and oxygen atoms in total. The number of amides is 1. The van der Waals surface area contributed by atoms with Gasteiger partial charge in [0.25, 0.3) is 15.9 Å². The Kier molecular flexibility index (Phi) is 6.17. The Hall–Kier alpha value is -3.69. The minimum atomic E-state index is -3.83. The zero-order chi connectivity index (χ0) is 23.6. The van der Waals surface area contributed by atoms with Crippen LogP contribution >= 0.6 is 15.9 Å². The second-order valence-corrected chi connectivity index (χ2v) is 9.74. The van der Waals surface area contributed by atoms with Gasteiger partial charge in [0.15, 0.2) is 0 Å². The van der Waals surface area contributed by atoms with Crippen molar-refractivity contribution in [1.82, 2.24) is 0 Å². The molecule has 9 heteroatoms. The predicted octanol–water partition coefficient (Wildman–Crippen LogP) is 5.35. The first-order chi connectivity index (χ1) is 15.7. The lowest BCUT2D eigenvalue weighted by Crippen LogP contribution is -2.15. The maximum atomic E-state index is 12.8. The molecule has 0 saturated carbocycles. The molecule has 0 aliphatic carbocycles. The number of carboxylic acid groups (broad SMARTS) is 1.